The molecule has 1 fully saturated rings. The number of nitrogens with two attached hydrogens (primary N) is 1. The van der Waals surface area contributed by atoms with Crippen molar-refractivity contribution in [3.05, 3.63) is 0 Å². The molecule has 0 aliphatic carbocycles. The molecule has 0 aromatic heterocycles. The van der Waals surface area contributed by atoms with Crippen LogP contribution in [0.5, 0.6) is 0 Å². The van der Waals surface area contributed by atoms with Gasteiger partial charge in [-0.05, 0) is 39.2 Å². The van der Waals surface area contributed by atoms with Crippen LogP contribution in [0.2, 0.25) is 0 Å². The van der Waals surface area contributed by atoms with Crippen LogP contribution in [0.15, 0.2) is 0 Å². The standard InChI is InChI=1S/C15H29NO3/c1-4-13(7-8-16)5-6-15(17)19-14-9-11(2)18-12(3)10-14/h11-14H,4-10,16H2,1-3H3. The summed E-state index contributed by atoms with van der Waals surface area (Å²) in [5, 5.41) is 0. The summed E-state index contributed by atoms with van der Waals surface area (Å²) in [4.78, 5) is 11.9. The summed E-state index contributed by atoms with van der Waals surface area (Å²) in [5.41, 5.74) is 5.56. The van der Waals surface area contributed by atoms with Crippen LogP contribution in [0.1, 0.15) is 59.3 Å². The third-order valence-corrected chi connectivity index (χ3v) is 3.86. The second-order valence-corrected chi connectivity index (χ2v) is 5.73. The lowest BCUT2D eigenvalue weighted by Gasteiger charge is -2.31. The highest BCUT2D eigenvalue weighted by atomic mass is 16.6. The quantitative estimate of drug-likeness (QED) is 0.723. The maximum absolute atomic E-state index is 11.9. The normalized spacial score (nSPS) is 28.9. The molecular weight excluding hydrogens is 242 g/mol. The Labute approximate surface area is 117 Å². The van der Waals surface area contributed by atoms with Gasteiger partial charge >= 0.3 is 5.97 Å². The van der Waals surface area contributed by atoms with Crippen LogP contribution in [-0.2, 0) is 14.3 Å². The Morgan fingerprint density at radius 3 is 2.47 bits per heavy atom. The summed E-state index contributed by atoms with van der Waals surface area (Å²) in [5.74, 6) is 0.479. The van der Waals surface area contributed by atoms with Crippen molar-refractivity contribution in [2.75, 3.05) is 6.54 Å². The van der Waals surface area contributed by atoms with E-state index in [2.05, 4.69) is 6.92 Å². The first-order valence-electron chi connectivity index (χ1n) is 7.60. The van der Waals surface area contributed by atoms with Crippen molar-refractivity contribution >= 4 is 5.97 Å². The molecule has 0 radical (unpaired) electrons. The lowest BCUT2D eigenvalue weighted by molar-refractivity contribution is -0.160. The van der Waals surface area contributed by atoms with E-state index in [-0.39, 0.29) is 24.3 Å². The fourth-order valence-electron chi connectivity index (χ4n) is 2.80. The predicted octanol–water partition coefficient (Wildman–Crippen LogP) is 2.64. The molecule has 0 bridgehead atoms. The largest absolute Gasteiger partial charge is 0.462 e. The van der Waals surface area contributed by atoms with Crippen molar-refractivity contribution < 1.29 is 14.3 Å². The molecule has 2 N–H and O–H groups in total. The van der Waals surface area contributed by atoms with Crippen molar-refractivity contribution in [1.82, 2.24) is 0 Å². The van der Waals surface area contributed by atoms with Crippen LogP contribution < -0.4 is 5.73 Å². The molecule has 0 aromatic rings. The smallest absolute Gasteiger partial charge is 0.306 e. The van der Waals surface area contributed by atoms with Crippen molar-refractivity contribution in [3.63, 3.8) is 0 Å². The van der Waals surface area contributed by atoms with Crippen molar-refractivity contribution in [3.8, 4) is 0 Å². The zero-order valence-corrected chi connectivity index (χ0v) is 12.6. The van der Waals surface area contributed by atoms with E-state index in [4.69, 9.17) is 15.2 Å². The summed E-state index contributed by atoms with van der Waals surface area (Å²) >= 11 is 0. The summed E-state index contributed by atoms with van der Waals surface area (Å²) in [7, 11) is 0. The molecule has 0 amide bonds. The van der Waals surface area contributed by atoms with Gasteiger partial charge in [0.1, 0.15) is 6.10 Å². The SMILES string of the molecule is CCC(CCN)CCC(=O)OC1CC(C)OC(C)C1. The van der Waals surface area contributed by atoms with E-state index < -0.39 is 0 Å². The molecule has 112 valence electrons. The van der Waals surface area contributed by atoms with Gasteiger partial charge in [-0.3, -0.25) is 4.79 Å². The number of carbonyl (C=O) groups is 1. The molecule has 3 unspecified atom stereocenters. The first-order valence-corrected chi connectivity index (χ1v) is 7.60. The van der Waals surface area contributed by atoms with Gasteiger partial charge in [0.05, 0.1) is 12.2 Å². The molecule has 1 rings (SSSR count). The van der Waals surface area contributed by atoms with Crippen molar-refractivity contribution in [2.45, 2.75) is 77.6 Å². The molecule has 0 aromatic carbocycles. The number of hydrogen-bond acceptors (Lipinski definition) is 4. The lowest BCUT2D eigenvalue weighted by Crippen LogP contribution is -2.35. The van der Waals surface area contributed by atoms with Crippen LogP contribution >= 0.6 is 0 Å². The van der Waals surface area contributed by atoms with E-state index in [1.54, 1.807) is 0 Å². The van der Waals surface area contributed by atoms with Gasteiger partial charge in [-0.2, -0.15) is 0 Å². The van der Waals surface area contributed by atoms with Crippen molar-refractivity contribution in [1.29, 1.82) is 0 Å². The molecule has 1 aliphatic heterocycles. The minimum absolute atomic E-state index is 0.0286. The third-order valence-electron chi connectivity index (χ3n) is 3.86. The highest BCUT2D eigenvalue weighted by Crippen LogP contribution is 2.23. The summed E-state index contributed by atoms with van der Waals surface area (Å²) in [6.45, 7) is 6.91. The van der Waals surface area contributed by atoms with Gasteiger partial charge in [-0.15, -0.1) is 0 Å². The van der Waals surface area contributed by atoms with Crippen LogP contribution in [0.3, 0.4) is 0 Å². The molecule has 0 saturated carbocycles. The van der Waals surface area contributed by atoms with Gasteiger partial charge < -0.3 is 15.2 Å². The van der Waals surface area contributed by atoms with Crippen LogP contribution in [0, 0.1) is 5.92 Å². The van der Waals surface area contributed by atoms with Gasteiger partial charge in [0, 0.05) is 19.3 Å². The summed E-state index contributed by atoms with van der Waals surface area (Å²) in [6, 6.07) is 0. The zero-order chi connectivity index (χ0) is 14.3. The van der Waals surface area contributed by atoms with Gasteiger partial charge in [0.15, 0.2) is 0 Å². The number of hydrogen-bond donors (Lipinski definition) is 1. The van der Waals surface area contributed by atoms with E-state index >= 15 is 0 Å². The Morgan fingerprint density at radius 2 is 1.95 bits per heavy atom. The average molecular weight is 271 g/mol. The van der Waals surface area contributed by atoms with E-state index in [9.17, 15) is 4.79 Å². The van der Waals surface area contributed by atoms with E-state index in [0.29, 0.717) is 18.9 Å². The highest BCUT2D eigenvalue weighted by molar-refractivity contribution is 5.69. The molecule has 1 heterocycles. The Balaban J connectivity index is 2.26. The Hall–Kier alpha value is -0.610. The maximum atomic E-state index is 11.9. The predicted molar refractivity (Wildman–Crippen MR) is 75.8 cm³/mol. The average Bonchev–Trinajstić information content (AvgIpc) is 2.33. The van der Waals surface area contributed by atoms with E-state index in [0.717, 1.165) is 32.1 Å². The van der Waals surface area contributed by atoms with Crippen LogP contribution in [0.25, 0.3) is 0 Å². The lowest BCUT2D eigenvalue weighted by atomic mass is 9.96. The number of ether oxygens (including phenoxy) is 2. The summed E-state index contributed by atoms with van der Waals surface area (Å²) in [6.07, 6.45) is 5.50. The number of esters is 1. The van der Waals surface area contributed by atoms with Crippen LogP contribution in [-0.4, -0.2) is 30.8 Å². The highest BCUT2D eigenvalue weighted by Gasteiger charge is 2.27. The molecule has 4 nitrogen and oxygen atoms in total. The zero-order valence-electron chi connectivity index (χ0n) is 12.6. The van der Waals surface area contributed by atoms with Gasteiger partial charge in [-0.25, -0.2) is 0 Å². The first kappa shape index (κ1) is 16.4. The van der Waals surface area contributed by atoms with Gasteiger partial charge in [0.2, 0.25) is 0 Å². The topological polar surface area (TPSA) is 61.6 Å². The maximum Gasteiger partial charge on any atom is 0.306 e. The third kappa shape index (κ3) is 6.39. The minimum atomic E-state index is -0.0678. The fourth-order valence-corrected chi connectivity index (χ4v) is 2.80. The second-order valence-electron chi connectivity index (χ2n) is 5.73. The molecule has 4 heteroatoms. The molecule has 1 saturated heterocycles. The summed E-state index contributed by atoms with van der Waals surface area (Å²) < 4.78 is 11.2. The molecule has 19 heavy (non-hydrogen) atoms. The van der Waals surface area contributed by atoms with E-state index in [1.807, 2.05) is 13.8 Å². The molecule has 0 spiro atoms. The molecule has 1 aliphatic rings. The van der Waals surface area contributed by atoms with Crippen molar-refractivity contribution in [2.24, 2.45) is 11.7 Å². The minimum Gasteiger partial charge on any atom is -0.462 e. The Morgan fingerprint density at radius 1 is 1.32 bits per heavy atom. The second kappa shape index (κ2) is 8.54. The van der Waals surface area contributed by atoms with Crippen LogP contribution in [0.4, 0.5) is 0 Å². The Bertz CT molecular complexity index is 260. The Kier molecular flexibility index (Phi) is 7.39. The molecular formula is C15H29NO3. The number of rotatable bonds is 7. The monoisotopic (exact) mass is 271 g/mol. The van der Waals surface area contributed by atoms with Gasteiger partial charge in [-0.1, -0.05) is 13.3 Å². The van der Waals surface area contributed by atoms with Gasteiger partial charge in [0.25, 0.3) is 0 Å². The number of carbonyl (C=O) groups excluding carboxylic acids is 1. The fraction of sp³-hybridized carbons (Fsp3) is 0.933. The first-order chi connectivity index (χ1) is 9.05. The van der Waals surface area contributed by atoms with E-state index in [1.165, 1.54) is 0 Å². The molecule has 3 atom stereocenters.